The second kappa shape index (κ2) is 7.08. The molecule has 0 aliphatic heterocycles. The molecule has 0 fully saturated rings. The topological polar surface area (TPSA) is 102 Å². The standard InChI is InChI=1S/C15H22N2O4/c1-15(2,3)21-14(20)17-12-6-4-10(5-7-12)11(9-16)8-13(18)19/h4-7,11H,8-9,16H2,1-3H3,(H,17,20)(H,18,19). The second-order valence-electron chi connectivity index (χ2n) is 5.78. The number of rotatable bonds is 5. The summed E-state index contributed by atoms with van der Waals surface area (Å²) in [6.07, 6.45) is -0.550. The number of amides is 1. The van der Waals surface area contributed by atoms with Crippen LogP contribution >= 0.6 is 0 Å². The maximum atomic E-state index is 11.6. The lowest BCUT2D eigenvalue weighted by atomic mass is 9.96. The first-order valence-electron chi connectivity index (χ1n) is 6.73. The molecule has 6 heteroatoms. The molecule has 0 aromatic heterocycles. The number of ether oxygens (including phenoxy) is 1. The third kappa shape index (κ3) is 6.27. The van der Waals surface area contributed by atoms with Gasteiger partial charge in [0.2, 0.25) is 0 Å². The van der Waals surface area contributed by atoms with Gasteiger partial charge in [-0.3, -0.25) is 10.1 Å². The van der Waals surface area contributed by atoms with Gasteiger partial charge >= 0.3 is 12.1 Å². The minimum absolute atomic E-state index is 0.0185. The summed E-state index contributed by atoms with van der Waals surface area (Å²) < 4.78 is 5.15. The molecule has 0 bridgehead atoms. The van der Waals surface area contributed by atoms with Crippen LogP contribution in [0, 0.1) is 0 Å². The molecule has 0 spiro atoms. The lowest BCUT2D eigenvalue weighted by molar-refractivity contribution is -0.137. The minimum atomic E-state index is -0.888. The van der Waals surface area contributed by atoms with E-state index in [0.717, 1.165) is 5.56 Å². The van der Waals surface area contributed by atoms with Gasteiger partial charge in [-0.2, -0.15) is 0 Å². The average molecular weight is 294 g/mol. The van der Waals surface area contributed by atoms with Gasteiger partial charge in [-0.05, 0) is 45.0 Å². The summed E-state index contributed by atoms with van der Waals surface area (Å²) in [7, 11) is 0. The summed E-state index contributed by atoms with van der Waals surface area (Å²) in [5.41, 5.74) is 6.44. The highest BCUT2D eigenvalue weighted by molar-refractivity contribution is 5.84. The van der Waals surface area contributed by atoms with Crippen molar-refractivity contribution in [3.05, 3.63) is 29.8 Å². The maximum absolute atomic E-state index is 11.6. The molecule has 6 nitrogen and oxygen atoms in total. The number of nitrogens with two attached hydrogens (primary N) is 1. The van der Waals surface area contributed by atoms with Gasteiger partial charge in [0.25, 0.3) is 0 Å². The van der Waals surface area contributed by atoms with Gasteiger partial charge in [0.15, 0.2) is 0 Å². The number of carboxylic acids is 1. The fourth-order valence-corrected chi connectivity index (χ4v) is 1.81. The van der Waals surface area contributed by atoms with Crippen molar-refractivity contribution in [2.45, 2.75) is 38.7 Å². The van der Waals surface area contributed by atoms with Crippen LogP contribution in [-0.2, 0) is 9.53 Å². The first-order chi connectivity index (χ1) is 9.71. The lowest BCUT2D eigenvalue weighted by Gasteiger charge is -2.20. The summed E-state index contributed by atoms with van der Waals surface area (Å²) in [4.78, 5) is 22.4. The van der Waals surface area contributed by atoms with Crippen molar-refractivity contribution in [3.8, 4) is 0 Å². The molecular weight excluding hydrogens is 272 g/mol. The van der Waals surface area contributed by atoms with E-state index in [1.807, 2.05) is 0 Å². The smallest absolute Gasteiger partial charge is 0.412 e. The summed E-state index contributed by atoms with van der Waals surface area (Å²) in [6.45, 7) is 5.61. The Morgan fingerprint density at radius 2 is 1.86 bits per heavy atom. The Kier molecular flexibility index (Phi) is 5.72. The number of aliphatic carboxylic acids is 1. The van der Waals surface area contributed by atoms with Crippen molar-refractivity contribution < 1.29 is 19.4 Å². The second-order valence-corrected chi connectivity index (χ2v) is 5.78. The fraction of sp³-hybridized carbons (Fsp3) is 0.467. The normalized spacial score (nSPS) is 12.6. The average Bonchev–Trinajstić information content (AvgIpc) is 2.34. The van der Waals surface area contributed by atoms with E-state index in [0.29, 0.717) is 5.69 Å². The van der Waals surface area contributed by atoms with Crippen molar-refractivity contribution in [3.63, 3.8) is 0 Å². The van der Waals surface area contributed by atoms with Crippen molar-refractivity contribution >= 4 is 17.7 Å². The zero-order valence-corrected chi connectivity index (χ0v) is 12.6. The van der Waals surface area contributed by atoms with Crippen LogP contribution in [0.5, 0.6) is 0 Å². The molecule has 1 aromatic rings. The quantitative estimate of drug-likeness (QED) is 0.774. The number of hydrogen-bond donors (Lipinski definition) is 3. The molecule has 0 saturated carbocycles. The van der Waals surface area contributed by atoms with Crippen LogP contribution in [0.3, 0.4) is 0 Å². The van der Waals surface area contributed by atoms with E-state index in [-0.39, 0.29) is 18.9 Å². The Labute approximate surface area is 124 Å². The van der Waals surface area contributed by atoms with E-state index < -0.39 is 17.7 Å². The molecule has 116 valence electrons. The van der Waals surface area contributed by atoms with Crippen LogP contribution in [0.1, 0.15) is 38.7 Å². The predicted octanol–water partition coefficient (Wildman–Crippen LogP) is 2.55. The highest BCUT2D eigenvalue weighted by Gasteiger charge is 2.17. The van der Waals surface area contributed by atoms with Gasteiger partial charge in [0.05, 0.1) is 6.42 Å². The van der Waals surface area contributed by atoms with E-state index in [1.54, 1.807) is 45.0 Å². The molecule has 0 heterocycles. The number of hydrogen-bond acceptors (Lipinski definition) is 4. The van der Waals surface area contributed by atoms with E-state index in [1.165, 1.54) is 0 Å². The van der Waals surface area contributed by atoms with Gasteiger partial charge in [-0.1, -0.05) is 12.1 Å². The third-order valence-electron chi connectivity index (χ3n) is 2.73. The summed E-state index contributed by atoms with van der Waals surface area (Å²) in [5, 5.41) is 11.4. The number of carbonyl (C=O) groups is 2. The molecule has 1 amide bonds. The molecule has 0 aliphatic carbocycles. The molecule has 0 saturated heterocycles. The van der Waals surface area contributed by atoms with Gasteiger partial charge < -0.3 is 15.6 Å². The number of nitrogens with one attached hydrogen (secondary N) is 1. The van der Waals surface area contributed by atoms with Crippen molar-refractivity contribution in [1.82, 2.24) is 0 Å². The number of carboxylic acid groups (broad SMARTS) is 1. The van der Waals surface area contributed by atoms with E-state index in [9.17, 15) is 9.59 Å². The third-order valence-corrected chi connectivity index (χ3v) is 2.73. The molecule has 0 aliphatic rings. The van der Waals surface area contributed by atoms with Crippen LogP contribution in [0.2, 0.25) is 0 Å². The first kappa shape index (κ1) is 17.0. The first-order valence-corrected chi connectivity index (χ1v) is 6.73. The maximum Gasteiger partial charge on any atom is 0.412 e. The van der Waals surface area contributed by atoms with Gasteiger partial charge in [0.1, 0.15) is 5.60 Å². The molecule has 1 atom stereocenters. The van der Waals surface area contributed by atoms with Crippen LogP contribution in [0.15, 0.2) is 24.3 Å². The van der Waals surface area contributed by atoms with E-state index >= 15 is 0 Å². The van der Waals surface area contributed by atoms with Crippen LogP contribution in [-0.4, -0.2) is 29.3 Å². The molecule has 4 N–H and O–H groups in total. The largest absolute Gasteiger partial charge is 0.481 e. The Hall–Kier alpha value is -2.08. The van der Waals surface area contributed by atoms with Gasteiger partial charge in [-0.15, -0.1) is 0 Å². The van der Waals surface area contributed by atoms with Crippen molar-refractivity contribution in [2.24, 2.45) is 5.73 Å². The van der Waals surface area contributed by atoms with Crippen LogP contribution in [0.4, 0.5) is 10.5 Å². The van der Waals surface area contributed by atoms with Gasteiger partial charge in [-0.25, -0.2) is 4.79 Å². The van der Waals surface area contributed by atoms with E-state index in [2.05, 4.69) is 5.32 Å². The number of benzene rings is 1. The van der Waals surface area contributed by atoms with Crippen molar-refractivity contribution in [2.75, 3.05) is 11.9 Å². The molecular formula is C15H22N2O4. The molecule has 1 unspecified atom stereocenters. The minimum Gasteiger partial charge on any atom is -0.481 e. The monoisotopic (exact) mass is 294 g/mol. The Morgan fingerprint density at radius 3 is 2.29 bits per heavy atom. The lowest BCUT2D eigenvalue weighted by Crippen LogP contribution is -2.27. The molecule has 1 rings (SSSR count). The zero-order valence-electron chi connectivity index (χ0n) is 12.6. The molecule has 1 aromatic carbocycles. The fourth-order valence-electron chi connectivity index (χ4n) is 1.81. The zero-order chi connectivity index (χ0) is 16.0. The number of anilines is 1. The highest BCUT2D eigenvalue weighted by atomic mass is 16.6. The number of carbonyl (C=O) groups excluding carboxylic acids is 1. The Balaban J connectivity index is 2.69. The van der Waals surface area contributed by atoms with Crippen LogP contribution < -0.4 is 11.1 Å². The summed E-state index contributed by atoms with van der Waals surface area (Å²) in [6, 6.07) is 6.91. The molecule has 0 radical (unpaired) electrons. The van der Waals surface area contributed by atoms with Crippen LogP contribution in [0.25, 0.3) is 0 Å². The Bertz CT molecular complexity index is 491. The van der Waals surface area contributed by atoms with Crippen molar-refractivity contribution in [1.29, 1.82) is 0 Å². The Morgan fingerprint density at radius 1 is 1.29 bits per heavy atom. The highest BCUT2D eigenvalue weighted by Crippen LogP contribution is 2.21. The van der Waals surface area contributed by atoms with Gasteiger partial charge in [0, 0.05) is 11.6 Å². The summed E-state index contributed by atoms with van der Waals surface area (Å²) in [5.74, 6) is -1.13. The predicted molar refractivity (Wildman–Crippen MR) is 80.3 cm³/mol. The SMILES string of the molecule is CC(C)(C)OC(=O)Nc1ccc(C(CN)CC(=O)O)cc1. The molecule has 21 heavy (non-hydrogen) atoms. The van der Waals surface area contributed by atoms with E-state index in [4.69, 9.17) is 15.6 Å². The summed E-state index contributed by atoms with van der Waals surface area (Å²) >= 11 is 0.